The minimum atomic E-state index is -0.809. The van der Waals surface area contributed by atoms with Gasteiger partial charge in [-0.05, 0) is 0 Å². The molecule has 0 amide bonds. The minimum Gasteiger partial charge on any atom is -0.344 e. The zero-order chi connectivity index (χ0) is 11.9. The van der Waals surface area contributed by atoms with Crippen molar-refractivity contribution in [3.63, 3.8) is 0 Å². The van der Waals surface area contributed by atoms with Crippen molar-refractivity contribution >= 4 is 0 Å². The Morgan fingerprint density at radius 3 is 0.867 bits per heavy atom. The van der Waals surface area contributed by atoms with Crippen LogP contribution in [0.2, 0.25) is 0 Å². The zero-order valence-corrected chi connectivity index (χ0v) is 9.11. The second-order valence-corrected chi connectivity index (χ2v) is 3.03. The molecule has 0 aliphatic carbocycles. The Hall–Kier alpha value is -1.60. The highest BCUT2D eigenvalue weighted by Crippen LogP contribution is 2.27. The fourth-order valence-electron chi connectivity index (χ4n) is 1.06. The maximum Gasteiger partial charge on any atom is 0.124 e. The largest absolute Gasteiger partial charge is 0.344 e. The molecule has 15 heavy (non-hydrogen) atoms. The maximum absolute atomic E-state index is 5.81. The van der Waals surface area contributed by atoms with Crippen LogP contribution in [0.5, 0.6) is 0 Å². The lowest BCUT2D eigenvalue weighted by Crippen LogP contribution is -2.37. The lowest BCUT2D eigenvalue weighted by Gasteiger charge is -2.33. The summed E-state index contributed by atoms with van der Waals surface area (Å²) in [5.41, 5.74) is -1.62. The topological polar surface area (TPSA) is 9.23 Å². The van der Waals surface area contributed by atoms with Gasteiger partial charge < -0.3 is 4.74 Å². The molecule has 0 heterocycles. The molecule has 0 fully saturated rings. The van der Waals surface area contributed by atoms with Gasteiger partial charge in [-0.15, -0.1) is 0 Å². The van der Waals surface area contributed by atoms with E-state index in [1.165, 1.54) is 0 Å². The smallest absolute Gasteiger partial charge is 0.124 e. The van der Waals surface area contributed by atoms with Gasteiger partial charge in [0.25, 0.3) is 0 Å². The van der Waals surface area contributed by atoms with Crippen LogP contribution in [0.4, 0.5) is 0 Å². The Labute approximate surface area is 92.5 Å². The summed E-state index contributed by atoms with van der Waals surface area (Å²) in [5.74, 6) is 0. The molecule has 0 rings (SSSR count). The molecule has 0 atom stereocenters. The fourth-order valence-corrected chi connectivity index (χ4v) is 1.06. The SMILES string of the molecule is C=CC(C=C)(C=C)OC(C=C)(C=C)C=C. The molecule has 0 aromatic rings. The summed E-state index contributed by atoms with van der Waals surface area (Å²) in [4.78, 5) is 0. The number of rotatable bonds is 8. The van der Waals surface area contributed by atoms with Gasteiger partial charge in [0.15, 0.2) is 0 Å². The molecule has 0 aromatic heterocycles. The first-order chi connectivity index (χ1) is 7.07. The number of hydrogen-bond donors (Lipinski definition) is 0. The van der Waals surface area contributed by atoms with Crippen LogP contribution >= 0.6 is 0 Å². The molecule has 0 aromatic carbocycles. The lowest BCUT2D eigenvalue weighted by atomic mass is 9.99. The van der Waals surface area contributed by atoms with Crippen molar-refractivity contribution in [3.8, 4) is 0 Å². The molecule has 0 unspecified atom stereocenters. The van der Waals surface area contributed by atoms with Crippen LogP contribution in [0.1, 0.15) is 0 Å². The highest BCUT2D eigenvalue weighted by molar-refractivity contribution is 5.27. The Morgan fingerprint density at radius 1 is 0.533 bits per heavy atom. The van der Waals surface area contributed by atoms with E-state index in [1.807, 2.05) is 0 Å². The van der Waals surface area contributed by atoms with E-state index in [0.29, 0.717) is 0 Å². The van der Waals surface area contributed by atoms with Gasteiger partial charge in [-0.1, -0.05) is 75.9 Å². The van der Waals surface area contributed by atoms with E-state index in [2.05, 4.69) is 39.5 Å². The summed E-state index contributed by atoms with van der Waals surface area (Å²) in [7, 11) is 0. The predicted molar refractivity (Wildman–Crippen MR) is 67.7 cm³/mol. The van der Waals surface area contributed by atoms with Crippen molar-refractivity contribution in [2.24, 2.45) is 0 Å². The summed E-state index contributed by atoms with van der Waals surface area (Å²) in [6.45, 7) is 22.1. The maximum atomic E-state index is 5.81. The zero-order valence-electron chi connectivity index (χ0n) is 9.11. The molecule has 1 nitrogen and oxygen atoms in total. The van der Waals surface area contributed by atoms with Crippen LogP contribution in [0.25, 0.3) is 0 Å². The van der Waals surface area contributed by atoms with Crippen molar-refractivity contribution < 1.29 is 4.74 Å². The molecule has 0 spiro atoms. The molecule has 0 aliphatic rings. The predicted octanol–water partition coefficient (Wildman–Crippen LogP) is 3.60. The van der Waals surface area contributed by atoms with Crippen molar-refractivity contribution in [2.45, 2.75) is 11.2 Å². The second kappa shape index (κ2) is 5.32. The van der Waals surface area contributed by atoms with Gasteiger partial charge in [-0.2, -0.15) is 0 Å². The molecule has 0 saturated carbocycles. The number of ether oxygens (including phenoxy) is 1. The Bertz CT molecular complexity index is 223. The first kappa shape index (κ1) is 13.4. The lowest BCUT2D eigenvalue weighted by molar-refractivity contribution is 0.000352. The van der Waals surface area contributed by atoms with E-state index in [4.69, 9.17) is 4.74 Å². The van der Waals surface area contributed by atoms with Crippen molar-refractivity contribution in [1.29, 1.82) is 0 Å². The van der Waals surface area contributed by atoms with Crippen LogP contribution in [0, 0.1) is 0 Å². The normalized spacial score (nSPS) is 11.2. The molecule has 0 radical (unpaired) electrons. The molecular weight excluding hydrogens is 184 g/mol. The fraction of sp³-hybridized carbons (Fsp3) is 0.143. The van der Waals surface area contributed by atoms with Crippen LogP contribution in [-0.4, -0.2) is 11.2 Å². The summed E-state index contributed by atoms with van der Waals surface area (Å²) in [6.07, 6.45) is 9.66. The van der Waals surface area contributed by atoms with Crippen LogP contribution in [-0.2, 0) is 4.74 Å². The summed E-state index contributed by atoms with van der Waals surface area (Å²) >= 11 is 0. The monoisotopic (exact) mass is 202 g/mol. The van der Waals surface area contributed by atoms with Crippen molar-refractivity contribution in [1.82, 2.24) is 0 Å². The average Bonchev–Trinajstić information content (AvgIpc) is 2.33. The standard InChI is InChI=1S/C14H18O/c1-7-13(8-2,9-3)15-14(10-4,11-5)12-6/h7-12H,1-6H2. The van der Waals surface area contributed by atoms with Crippen LogP contribution < -0.4 is 0 Å². The van der Waals surface area contributed by atoms with E-state index in [1.54, 1.807) is 36.5 Å². The third kappa shape index (κ3) is 2.67. The number of hydrogen-bond acceptors (Lipinski definition) is 1. The average molecular weight is 202 g/mol. The molecule has 0 bridgehead atoms. The quantitative estimate of drug-likeness (QED) is 0.546. The first-order valence-corrected chi connectivity index (χ1v) is 4.59. The Kier molecular flexibility index (Phi) is 4.75. The van der Waals surface area contributed by atoms with Gasteiger partial charge in [0.1, 0.15) is 11.2 Å². The molecular formula is C14H18O. The van der Waals surface area contributed by atoms with Gasteiger partial charge in [0.05, 0.1) is 0 Å². The summed E-state index contributed by atoms with van der Waals surface area (Å²) in [6, 6.07) is 0. The minimum absolute atomic E-state index is 0.809. The second-order valence-electron chi connectivity index (χ2n) is 3.03. The van der Waals surface area contributed by atoms with E-state index in [0.717, 1.165) is 0 Å². The van der Waals surface area contributed by atoms with E-state index >= 15 is 0 Å². The Morgan fingerprint density at radius 2 is 0.733 bits per heavy atom. The van der Waals surface area contributed by atoms with Crippen molar-refractivity contribution in [3.05, 3.63) is 75.9 Å². The molecule has 0 N–H and O–H groups in total. The summed E-state index contributed by atoms with van der Waals surface area (Å²) in [5, 5.41) is 0. The first-order valence-electron chi connectivity index (χ1n) is 4.59. The van der Waals surface area contributed by atoms with Gasteiger partial charge >= 0.3 is 0 Å². The summed E-state index contributed by atoms with van der Waals surface area (Å²) < 4.78 is 5.81. The van der Waals surface area contributed by atoms with Gasteiger partial charge in [-0.25, -0.2) is 0 Å². The van der Waals surface area contributed by atoms with Gasteiger partial charge in [-0.3, -0.25) is 0 Å². The highest BCUT2D eigenvalue weighted by Gasteiger charge is 2.30. The molecule has 0 saturated heterocycles. The van der Waals surface area contributed by atoms with Gasteiger partial charge in [0, 0.05) is 0 Å². The van der Waals surface area contributed by atoms with Crippen LogP contribution in [0.15, 0.2) is 75.9 Å². The van der Waals surface area contributed by atoms with E-state index in [-0.39, 0.29) is 0 Å². The molecule has 80 valence electrons. The van der Waals surface area contributed by atoms with Crippen LogP contribution in [0.3, 0.4) is 0 Å². The van der Waals surface area contributed by atoms with Crippen molar-refractivity contribution in [2.75, 3.05) is 0 Å². The van der Waals surface area contributed by atoms with E-state index < -0.39 is 11.2 Å². The van der Waals surface area contributed by atoms with Gasteiger partial charge in [0.2, 0.25) is 0 Å². The third-order valence-electron chi connectivity index (χ3n) is 2.27. The molecule has 1 heteroatoms. The highest BCUT2D eigenvalue weighted by atomic mass is 16.5. The third-order valence-corrected chi connectivity index (χ3v) is 2.27. The van der Waals surface area contributed by atoms with E-state index in [9.17, 15) is 0 Å². The Balaban J connectivity index is 5.25. The molecule has 0 aliphatic heterocycles.